The van der Waals surface area contributed by atoms with E-state index in [9.17, 15) is 4.79 Å². The van der Waals surface area contributed by atoms with Crippen LogP contribution in [0, 0.1) is 0 Å². The van der Waals surface area contributed by atoms with Gasteiger partial charge in [-0.15, -0.1) is 0 Å². The standard InChI is InChI=1S/C16H25BrN2O/c1-5-19(12-6-11-18(3)4)13(2)16(20)14-7-9-15(17)10-8-14/h7-10,13H,5-6,11-12H2,1-4H3. The van der Waals surface area contributed by atoms with Crippen molar-refractivity contribution in [2.24, 2.45) is 0 Å². The SMILES string of the molecule is CCN(CCCN(C)C)C(C)C(=O)c1ccc(Br)cc1. The number of halogens is 1. The molecule has 0 aliphatic rings. The summed E-state index contributed by atoms with van der Waals surface area (Å²) in [5, 5.41) is 0. The number of hydrogen-bond acceptors (Lipinski definition) is 3. The van der Waals surface area contributed by atoms with Gasteiger partial charge < -0.3 is 4.90 Å². The van der Waals surface area contributed by atoms with E-state index in [-0.39, 0.29) is 11.8 Å². The molecule has 0 saturated heterocycles. The number of carbonyl (C=O) groups is 1. The van der Waals surface area contributed by atoms with Gasteiger partial charge in [0.15, 0.2) is 5.78 Å². The van der Waals surface area contributed by atoms with Gasteiger partial charge in [-0.1, -0.05) is 35.0 Å². The van der Waals surface area contributed by atoms with Crippen molar-refractivity contribution >= 4 is 21.7 Å². The normalized spacial score (nSPS) is 12.9. The first-order valence-electron chi connectivity index (χ1n) is 7.14. The molecule has 0 heterocycles. The summed E-state index contributed by atoms with van der Waals surface area (Å²) in [5.41, 5.74) is 0.784. The Labute approximate surface area is 131 Å². The van der Waals surface area contributed by atoms with Gasteiger partial charge in [-0.05, 0) is 52.7 Å². The second kappa shape index (κ2) is 8.55. The Morgan fingerprint density at radius 1 is 1.20 bits per heavy atom. The average molecular weight is 341 g/mol. The Bertz CT molecular complexity index is 417. The Morgan fingerprint density at radius 3 is 2.30 bits per heavy atom. The highest BCUT2D eigenvalue weighted by atomic mass is 79.9. The molecule has 20 heavy (non-hydrogen) atoms. The highest BCUT2D eigenvalue weighted by Crippen LogP contribution is 2.14. The monoisotopic (exact) mass is 340 g/mol. The van der Waals surface area contributed by atoms with Crippen LogP contribution in [-0.4, -0.2) is 55.4 Å². The van der Waals surface area contributed by atoms with Gasteiger partial charge >= 0.3 is 0 Å². The molecule has 0 radical (unpaired) electrons. The van der Waals surface area contributed by atoms with Crippen LogP contribution >= 0.6 is 15.9 Å². The fraction of sp³-hybridized carbons (Fsp3) is 0.562. The number of hydrogen-bond donors (Lipinski definition) is 0. The van der Waals surface area contributed by atoms with E-state index in [0.29, 0.717) is 0 Å². The van der Waals surface area contributed by atoms with Gasteiger partial charge in [0.1, 0.15) is 0 Å². The summed E-state index contributed by atoms with van der Waals surface area (Å²) in [5.74, 6) is 0.198. The molecular formula is C16H25BrN2O. The Kier molecular flexibility index (Phi) is 7.41. The fourth-order valence-corrected chi connectivity index (χ4v) is 2.50. The van der Waals surface area contributed by atoms with Crippen molar-refractivity contribution < 1.29 is 4.79 Å². The van der Waals surface area contributed by atoms with Crippen molar-refractivity contribution in [3.05, 3.63) is 34.3 Å². The van der Waals surface area contributed by atoms with Crippen molar-refractivity contribution in [3.63, 3.8) is 0 Å². The lowest BCUT2D eigenvalue weighted by Gasteiger charge is -2.27. The fourth-order valence-electron chi connectivity index (χ4n) is 2.24. The Balaban J connectivity index is 2.62. The second-order valence-corrected chi connectivity index (χ2v) is 6.25. The van der Waals surface area contributed by atoms with Gasteiger partial charge in [0.05, 0.1) is 6.04 Å². The molecule has 0 spiro atoms. The minimum atomic E-state index is -0.0664. The third kappa shape index (κ3) is 5.35. The molecule has 0 aliphatic carbocycles. The predicted molar refractivity (Wildman–Crippen MR) is 88.4 cm³/mol. The number of benzene rings is 1. The molecule has 1 aromatic carbocycles. The van der Waals surface area contributed by atoms with Gasteiger partial charge in [0.25, 0.3) is 0 Å². The first-order valence-corrected chi connectivity index (χ1v) is 7.93. The number of nitrogens with zero attached hydrogens (tertiary/aromatic N) is 2. The molecule has 1 unspecified atom stereocenters. The molecule has 4 heteroatoms. The maximum absolute atomic E-state index is 12.5. The molecule has 0 saturated carbocycles. The molecule has 0 N–H and O–H groups in total. The third-order valence-corrected chi connectivity index (χ3v) is 4.04. The molecule has 0 aliphatic heterocycles. The van der Waals surface area contributed by atoms with Crippen LogP contribution in [0.1, 0.15) is 30.6 Å². The van der Waals surface area contributed by atoms with E-state index in [2.05, 4.69) is 46.7 Å². The van der Waals surface area contributed by atoms with Crippen molar-refractivity contribution in [1.82, 2.24) is 9.80 Å². The van der Waals surface area contributed by atoms with E-state index in [0.717, 1.165) is 36.1 Å². The average Bonchev–Trinajstić information content (AvgIpc) is 2.42. The highest BCUT2D eigenvalue weighted by molar-refractivity contribution is 9.10. The summed E-state index contributed by atoms with van der Waals surface area (Å²) < 4.78 is 1.00. The predicted octanol–water partition coefficient (Wildman–Crippen LogP) is 3.29. The van der Waals surface area contributed by atoms with Crippen LogP contribution < -0.4 is 0 Å². The van der Waals surface area contributed by atoms with Gasteiger partial charge in [-0.25, -0.2) is 0 Å². The van der Waals surface area contributed by atoms with Crippen molar-refractivity contribution in [1.29, 1.82) is 0 Å². The third-order valence-electron chi connectivity index (χ3n) is 3.51. The van der Waals surface area contributed by atoms with E-state index in [4.69, 9.17) is 0 Å². The molecule has 1 atom stereocenters. The van der Waals surface area contributed by atoms with E-state index in [1.54, 1.807) is 0 Å². The molecule has 0 bridgehead atoms. The molecule has 1 aromatic rings. The minimum Gasteiger partial charge on any atom is -0.309 e. The smallest absolute Gasteiger partial charge is 0.179 e. The molecule has 0 aromatic heterocycles. The van der Waals surface area contributed by atoms with Crippen molar-refractivity contribution in [3.8, 4) is 0 Å². The van der Waals surface area contributed by atoms with E-state index in [1.807, 2.05) is 31.2 Å². The maximum atomic E-state index is 12.5. The summed E-state index contributed by atoms with van der Waals surface area (Å²) >= 11 is 3.40. The number of ketones is 1. The highest BCUT2D eigenvalue weighted by Gasteiger charge is 2.20. The van der Waals surface area contributed by atoms with Crippen molar-refractivity contribution in [2.45, 2.75) is 26.3 Å². The van der Waals surface area contributed by atoms with Crippen LogP contribution in [0.4, 0.5) is 0 Å². The van der Waals surface area contributed by atoms with E-state index >= 15 is 0 Å². The molecule has 0 amide bonds. The van der Waals surface area contributed by atoms with E-state index < -0.39 is 0 Å². The van der Waals surface area contributed by atoms with Gasteiger partial charge in [0.2, 0.25) is 0 Å². The van der Waals surface area contributed by atoms with Crippen molar-refractivity contribution in [2.75, 3.05) is 33.7 Å². The van der Waals surface area contributed by atoms with Gasteiger partial charge in [0, 0.05) is 16.6 Å². The molecular weight excluding hydrogens is 316 g/mol. The summed E-state index contributed by atoms with van der Waals surface area (Å²) in [6, 6.07) is 7.54. The number of carbonyl (C=O) groups excluding carboxylic acids is 1. The van der Waals surface area contributed by atoms with Crippen LogP contribution in [0.2, 0.25) is 0 Å². The van der Waals surface area contributed by atoms with Crippen LogP contribution in [0.25, 0.3) is 0 Å². The maximum Gasteiger partial charge on any atom is 0.179 e. The second-order valence-electron chi connectivity index (χ2n) is 5.33. The molecule has 0 fully saturated rings. The van der Waals surface area contributed by atoms with E-state index in [1.165, 1.54) is 0 Å². The summed E-state index contributed by atoms with van der Waals surface area (Å²) in [6.07, 6.45) is 1.08. The topological polar surface area (TPSA) is 23.6 Å². The zero-order valence-electron chi connectivity index (χ0n) is 12.9. The quantitative estimate of drug-likeness (QED) is 0.678. The zero-order valence-corrected chi connectivity index (χ0v) is 14.5. The lowest BCUT2D eigenvalue weighted by atomic mass is 10.0. The number of rotatable bonds is 8. The van der Waals surface area contributed by atoms with Crippen LogP contribution in [0.3, 0.4) is 0 Å². The largest absolute Gasteiger partial charge is 0.309 e. The Hall–Kier alpha value is -0.710. The summed E-state index contributed by atoms with van der Waals surface area (Å²) in [6.45, 7) is 7.02. The van der Waals surface area contributed by atoms with Gasteiger partial charge in [-0.3, -0.25) is 9.69 Å². The lowest BCUT2D eigenvalue weighted by Crippen LogP contribution is -2.40. The first-order chi connectivity index (χ1) is 9.45. The van der Waals surface area contributed by atoms with Crippen LogP contribution in [-0.2, 0) is 0 Å². The first kappa shape index (κ1) is 17.3. The van der Waals surface area contributed by atoms with Crippen LogP contribution in [0.15, 0.2) is 28.7 Å². The molecule has 112 valence electrons. The number of likely N-dealkylation sites (N-methyl/N-ethyl adjacent to an activating group) is 1. The minimum absolute atomic E-state index is 0.0664. The summed E-state index contributed by atoms with van der Waals surface area (Å²) in [7, 11) is 4.15. The van der Waals surface area contributed by atoms with Crippen LogP contribution in [0.5, 0.6) is 0 Å². The number of Topliss-reactive ketones (excluding diaryl/α,β-unsaturated/α-hetero) is 1. The lowest BCUT2D eigenvalue weighted by molar-refractivity contribution is 0.0840. The summed E-state index contributed by atoms with van der Waals surface area (Å²) in [4.78, 5) is 16.9. The molecule has 3 nitrogen and oxygen atoms in total. The molecule has 1 rings (SSSR count). The Morgan fingerprint density at radius 2 is 1.80 bits per heavy atom. The zero-order chi connectivity index (χ0) is 15.1. The van der Waals surface area contributed by atoms with Gasteiger partial charge in [-0.2, -0.15) is 0 Å².